The fourth-order valence-electron chi connectivity index (χ4n) is 2.85. The molecule has 0 heterocycles. The van der Waals surface area contributed by atoms with Crippen molar-refractivity contribution < 1.29 is 0 Å². The van der Waals surface area contributed by atoms with Crippen molar-refractivity contribution in [2.45, 2.75) is 24.5 Å². The Morgan fingerprint density at radius 2 is 1.00 bits per heavy atom. The summed E-state index contributed by atoms with van der Waals surface area (Å²) in [5.74, 6) is 0. The predicted molar refractivity (Wildman–Crippen MR) is 117 cm³/mol. The minimum Gasteiger partial charge on any atom is -0.0832 e. The van der Waals surface area contributed by atoms with Crippen LogP contribution in [0.2, 0.25) is 5.02 Å². The first kappa shape index (κ1) is 18.2. The molecule has 4 aromatic rings. The van der Waals surface area contributed by atoms with Gasteiger partial charge in [-0.1, -0.05) is 84.0 Å². The van der Waals surface area contributed by atoms with Gasteiger partial charge in [0, 0.05) is 4.90 Å². The van der Waals surface area contributed by atoms with E-state index in [4.69, 9.17) is 11.6 Å². The summed E-state index contributed by atoms with van der Waals surface area (Å²) in [7, 11) is -0.170. The van der Waals surface area contributed by atoms with Gasteiger partial charge in [0.1, 0.15) is 10.9 Å². The lowest BCUT2D eigenvalue weighted by atomic mass is 10.3. The van der Waals surface area contributed by atoms with Crippen LogP contribution in [0.5, 0.6) is 0 Å². The third kappa shape index (κ3) is 4.24. The molecule has 3 heteroatoms. The van der Waals surface area contributed by atoms with Crippen molar-refractivity contribution >= 4 is 34.3 Å². The smallest absolute Gasteiger partial charge is 0.0832 e. The molecule has 0 amide bonds. The van der Waals surface area contributed by atoms with Gasteiger partial charge in [-0.3, -0.25) is 0 Å². The molecule has 0 unspecified atom stereocenters. The molecule has 132 valence electrons. The molecule has 0 bridgehead atoms. The molecule has 27 heavy (non-hydrogen) atoms. The molecule has 0 N–H and O–H groups in total. The highest BCUT2D eigenvalue weighted by atomic mass is 35.5. The molecule has 0 aliphatic rings. The zero-order valence-corrected chi connectivity index (χ0v) is 17.0. The monoisotopic (exact) mass is 405 g/mol. The van der Waals surface area contributed by atoms with Gasteiger partial charge < -0.3 is 0 Å². The third-order valence-corrected chi connectivity index (χ3v) is 8.09. The van der Waals surface area contributed by atoms with Gasteiger partial charge in [0.2, 0.25) is 0 Å². The van der Waals surface area contributed by atoms with Crippen LogP contribution in [0, 0.1) is 0 Å². The highest BCUT2D eigenvalue weighted by Crippen LogP contribution is 2.41. The molecule has 4 aromatic carbocycles. The standard InChI is InChI=1S/C24H18ClS2/c25-21-15-7-8-16-22(21)26-23-17-9-10-18-24(23)27(19-11-3-1-4-12-19)20-13-5-2-6-14-20/h1-18H/q+1. The first-order chi connectivity index (χ1) is 13.3. The number of hydrogen-bond acceptors (Lipinski definition) is 1. The van der Waals surface area contributed by atoms with Gasteiger partial charge in [-0.15, -0.1) is 0 Å². The van der Waals surface area contributed by atoms with Gasteiger partial charge in [-0.2, -0.15) is 0 Å². The minimum atomic E-state index is -0.170. The number of benzene rings is 4. The van der Waals surface area contributed by atoms with E-state index in [2.05, 4.69) is 91.0 Å². The van der Waals surface area contributed by atoms with E-state index in [1.165, 1.54) is 19.6 Å². The number of rotatable bonds is 5. The first-order valence-electron chi connectivity index (χ1n) is 8.69. The quantitative estimate of drug-likeness (QED) is 0.308. The van der Waals surface area contributed by atoms with Crippen molar-refractivity contribution in [3.05, 3.63) is 114 Å². The summed E-state index contributed by atoms with van der Waals surface area (Å²) in [5.41, 5.74) is 0. The Balaban J connectivity index is 1.83. The minimum absolute atomic E-state index is 0.170. The Hall–Kier alpha value is -2.13. The molecule has 0 saturated heterocycles. The van der Waals surface area contributed by atoms with E-state index < -0.39 is 0 Å². The predicted octanol–water partition coefficient (Wildman–Crippen LogP) is 7.59. The van der Waals surface area contributed by atoms with Gasteiger partial charge in [-0.25, -0.2) is 0 Å². The zero-order valence-electron chi connectivity index (χ0n) is 14.6. The van der Waals surface area contributed by atoms with Crippen LogP contribution in [-0.2, 0) is 10.9 Å². The van der Waals surface area contributed by atoms with E-state index in [1.807, 2.05) is 18.2 Å². The van der Waals surface area contributed by atoms with E-state index in [9.17, 15) is 0 Å². The van der Waals surface area contributed by atoms with Crippen LogP contribution in [0.25, 0.3) is 0 Å². The maximum absolute atomic E-state index is 6.42. The SMILES string of the molecule is Clc1ccccc1Sc1ccccc1[S+](c1ccccc1)c1ccccc1. The number of hydrogen-bond donors (Lipinski definition) is 0. The van der Waals surface area contributed by atoms with Crippen LogP contribution in [-0.4, -0.2) is 0 Å². The summed E-state index contributed by atoms with van der Waals surface area (Å²) in [4.78, 5) is 6.27. The first-order valence-corrected chi connectivity index (χ1v) is 11.1. The van der Waals surface area contributed by atoms with Gasteiger partial charge in [0.25, 0.3) is 0 Å². The molecular formula is C24H18ClS2+. The molecule has 0 saturated carbocycles. The summed E-state index contributed by atoms with van der Waals surface area (Å²) in [5, 5.41) is 0.789. The summed E-state index contributed by atoms with van der Waals surface area (Å²) in [6.07, 6.45) is 0. The Kier molecular flexibility index (Phi) is 5.88. The van der Waals surface area contributed by atoms with E-state index >= 15 is 0 Å². The maximum Gasteiger partial charge on any atom is 0.180 e. The molecule has 0 nitrogen and oxygen atoms in total. The van der Waals surface area contributed by atoms with Gasteiger partial charge in [-0.05, 0) is 48.5 Å². The van der Waals surface area contributed by atoms with Gasteiger partial charge in [0.15, 0.2) is 14.7 Å². The molecule has 0 aliphatic carbocycles. The lowest BCUT2D eigenvalue weighted by Gasteiger charge is -2.12. The molecule has 0 radical (unpaired) electrons. The maximum atomic E-state index is 6.42. The van der Waals surface area contributed by atoms with Crippen LogP contribution in [0.15, 0.2) is 134 Å². The van der Waals surface area contributed by atoms with Crippen LogP contribution < -0.4 is 0 Å². The van der Waals surface area contributed by atoms with E-state index in [0.29, 0.717) is 0 Å². The summed E-state index contributed by atoms with van der Waals surface area (Å²) < 4.78 is 0. The van der Waals surface area contributed by atoms with Crippen LogP contribution in [0.3, 0.4) is 0 Å². The molecule has 0 spiro atoms. The second-order valence-electron chi connectivity index (χ2n) is 5.91. The molecule has 0 fully saturated rings. The topological polar surface area (TPSA) is 0 Å². The van der Waals surface area contributed by atoms with Crippen molar-refractivity contribution in [1.82, 2.24) is 0 Å². The molecule has 0 aromatic heterocycles. The van der Waals surface area contributed by atoms with Crippen molar-refractivity contribution in [1.29, 1.82) is 0 Å². The van der Waals surface area contributed by atoms with E-state index in [1.54, 1.807) is 11.8 Å². The van der Waals surface area contributed by atoms with Crippen LogP contribution >= 0.6 is 23.4 Å². The van der Waals surface area contributed by atoms with Crippen molar-refractivity contribution in [3.8, 4) is 0 Å². The molecule has 0 atom stereocenters. The average molecular weight is 406 g/mol. The van der Waals surface area contributed by atoms with E-state index in [-0.39, 0.29) is 10.9 Å². The Labute approximate surface area is 172 Å². The third-order valence-electron chi connectivity index (χ3n) is 4.08. The van der Waals surface area contributed by atoms with Crippen molar-refractivity contribution in [2.75, 3.05) is 0 Å². The van der Waals surface area contributed by atoms with E-state index in [0.717, 1.165) is 9.92 Å². The second-order valence-corrected chi connectivity index (χ2v) is 9.40. The average Bonchev–Trinajstić information content (AvgIpc) is 2.73. The Morgan fingerprint density at radius 1 is 0.519 bits per heavy atom. The fourth-order valence-corrected chi connectivity index (χ4v) is 6.47. The number of halogens is 1. The van der Waals surface area contributed by atoms with Crippen LogP contribution in [0.4, 0.5) is 0 Å². The Bertz CT molecular complexity index is 977. The lowest BCUT2D eigenvalue weighted by molar-refractivity contribution is 1.20. The summed E-state index contributed by atoms with van der Waals surface area (Å²) in [6.45, 7) is 0. The normalized spacial score (nSPS) is 10.9. The highest BCUT2D eigenvalue weighted by molar-refractivity contribution is 8.01. The second kappa shape index (κ2) is 8.71. The van der Waals surface area contributed by atoms with Crippen molar-refractivity contribution in [2.24, 2.45) is 0 Å². The summed E-state index contributed by atoms with van der Waals surface area (Å²) >= 11 is 8.16. The largest absolute Gasteiger partial charge is 0.180 e. The highest BCUT2D eigenvalue weighted by Gasteiger charge is 2.31. The van der Waals surface area contributed by atoms with Crippen molar-refractivity contribution in [3.63, 3.8) is 0 Å². The fraction of sp³-hybridized carbons (Fsp3) is 0. The molecule has 0 aliphatic heterocycles. The van der Waals surface area contributed by atoms with Gasteiger partial charge >= 0.3 is 0 Å². The molecular weight excluding hydrogens is 388 g/mol. The molecule has 4 rings (SSSR count). The zero-order chi connectivity index (χ0) is 18.5. The lowest BCUT2D eigenvalue weighted by Crippen LogP contribution is -2.06. The van der Waals surface area contributed by atoms with Gasteiger partial charge in [0.05, 0.1) is 9.92 Å². The summed E-state index contributed by atoms with van der Waals surface area (Å²) in [6, 6.07) is 38.1. The Morgan fingerprint density at radius 3 is 1.59 bits per heavy atom. The van der Waals surface area contributed by atoms with Crippen LogP contribution in [0.1, 0.15) is 0 Å².